The third-order valence-corrected chi connectivity index (χ3v) is 19.0. The number of fused-ring (bicyclic) bond motifs is 2. The van der Waals surface area contributed by atoms with Gasteiger partial charge in [-0.15, -0.1) is 10.2 Å². The lowest BCUT2D eigenvalue weighted by Gasteiger charge is -2.42. The minimum absolute atomic E-state index is 0.00121. The van der Waals surface area contributed by atoms with Crippen molar-refractivity contribution in [3.05, 3.63) is 77.9 Å². The molecule has 5 aliphatic rings. The predicted octanol–water partition coefficient (Wildman–Crippen LogP) is -1.42. The molecule has 90 heavy (non-hydrogen) atoms. The molecule has 13 atom stereocenters. The second-order valence-corrected chi connectivity index (χ2v) is 25.5. The maximum atomic E-state index is 14.7. The van der Waals surface area contributed by atoms with Crippen LogP contribution in [-0.2, 0) is 35.2 Å². The van der Waals surface area contributed by atoms with Gasteiger partial charge in [0.25, 0.3) is 5.91 Å². The molecular formula is C62H84N12O15S. The number of β-amino-alcohol motifs (C(OH)–C–C–N with tert-alkyl or cyclic N) is 1. The van der Waals surface area contributed by atoms with Crippen molar-refractivity contribution < 1.29 is 74.0 Å². The molecule has 3 aromatic carbocycles. The van der Waals surface area contributed by atoms with E-state index in [9.17, 15) is 69.3 Å². The van der Waals surface area contributed by atoms with E-state index < -0.39 is 152 Å². The molecule has 488 valence electrons. The highest BCUT2D eigenvalue weighted by Crippen LogP contribution is 2.34. The van der Waals surface area contributed by atoms with Gasteiger partial charge in [-0.2, -0.15) is 0 Å². The van der Waals surface area contributed by atoms with Crippen molar-refractivity contribution in [3.8, 4) is 32.6 Å². The van der Waals surface area contributed by atoms with Gasteiger partial charge >= 0.3 is 0 Å². The third kappa shape index (κ3) is 15.7. The largest absolute Gasteiger partial charge is 0.504 e. The number of aliphatic hydroxyl groups is 6. The molecule has 1 aliphatic carbocycles. The first kappa shape index (κ1) is 67.0. The average molecular weight is 1270 g/mol. The van der Waals surface area contributed by atoms with Gasteiger partial charge in [-0.05, 0) is 106 Å². The summed E-state index contributed by atoms with van der Waals surface area (Å²) in [5.74, 6) is -7.68. The van der Waals surface area contributed by atoms with Crippen molar-refractivity contribution in [1.29, 1.82) is 0 Å². The SMILES string of the molecule is COc1cc(C[C@@H](O)[C@@H]2NC(=O)[C@@H]3C[C@@H](O)CN3C(=O)[C@H]([C@@H](C)O)NC(=O)[C@@H](NC(=O)c3ccc(-c4nnc(-c5ccc(N6CCN(C7CCC(C)CC7)CC6)cc5)s4)cc3)C[C@@H](O)CNC(=O)[C@@H]3[C@@H](O)[C@@H](C)CN3C(=O)[C@H]([C@H](O)CCN)NC2=O)ccc1O. The molecule has 0 spiro atoms. The molecule has 27 nitrogen and oxygen atoms in total. The molecule has 5 heterocycles. The van der Waals surface area contributed by atoms with E-state index in [-0.39, 0.29) is 42.1 Å². The van der Waals surface area contributed by atoms with Crippen molar-refractivity contribution in [2.45, 2.75) is 151 Å². The number of aromatic nitrogens is 2. The Morgan fingerprint density at radius 1 is 0.733 bits per heavy atom. The van der Waals surface area contributed by atoms with Gasteiger partial charge in [-0.1, -0.05) is 43.4 Å². The molecule has 0 bridgehead atoms. The minimum atomic E-state index is -2.02. The van der Waals surface area contributed by atoms with Crippen LogP contribution in [0.5, 0.6) is 11.5 Å². The minimum Gasteiger partial charge on any atom is -0.504 e. The fourth-order valence-electron chi connectivity index (χ4n) is 12.7. The molecule has 14 N–H and O–H groups in total. The Balaban J connectivity index is 0.947. The number of methoxy groups -OCH3 is 1. The summed E-state index contributed by atoms with van der Waals surface area (Å²) in [4.78, 5) is 108. The zero-order chi connectivity index (χ0) is 64.7. The first-order chi connectivity index (χ1) is 43.0. The number of piperazine rings is 1. The van der Waals surface area contributed by atoms with E-state index in [0.717, 1.165) is 60.1 Å². The number of phenols is 1. The van der Waals surface area contributed by atoms with Crippen molar-refractivity contribution in [2.24, 2.45) is 17.6 Å². The third-order valence-electron chi connectivity index (χ3n) is 18.0. The molecule has 0 radical (unpaired) electrons. The first-order valence-corrected chi connectivity index (χ1v) is 31.6. The van der Waals surface area contributed by atoms with Crippen LogP contribution in [0.15, 0.2) is 66.7 Å². The standard InChI is InChI=1S/C62H84N12O15S/c1-32-5-14-39(15-6-32)71-21-23-72(24-22-71)40-16-12-38(13-17-40)60-70-69-59(90-60)37-10-8-36(9-11-37)54(82)65-43-27-41(76)29-64-58(86)52-53(81)33(2)30-74(52)62(88)51(46(79)19-20-63)68-57(85)50(47(80)25-35-7-18-45(78)48(26-35)89-4)67-56(84)44-28-42(77)31-73(44)61(87)49(34(3)75)66-55(43)83/h7-13,16-18,26,32-34,39,41-44,46-47,49-53,75-81H,5-6,14-15,19-25,27-31,63H2,1-4H3,(H,64,86)(H,65,82)(H,66,83)(H,67,84)(H,68,85)/t32?,33-,34+,39?,41+,42+,43-,44-,46+,47+,49-,50-,51-,52-,53-/m0/s1. The van der Waals surface area contributed by atoms with Gasteiger partial charge in [0.1, 0.15) is 46.3 Å². The molecular weight excluding hydrogens is 1180 g/mol. The zero-order valence-electron chi connectivity index (χ0n) is 50.9. The second-order valence-electron chi connectivity index (χ2n) is 24.6. The molecule has 4 aliphatic heterocycles. The smallest absolute Gasteiger partial charge is 0.251 e. The number of hydrogen-bond donors (Lipinski definition) is 13. The number of aromatic hydroxyl groups is 1. The number of anilines is 1. The quantitative estimate of drug-likeness (QED) is 0.0689. The molecule has 5 fully saturated rings. The van der Waals surface area contributed by atoms with Gasteiger partial charge in [0.15, 0.2) is 11.5 Å². The van der Waals surface area contributed by atoms with Gasteiger partial charge in [-0.25, -0.2) is 0 Å². The number of nitrogens with zero attached hydrogens (tertiary/aromatic N) is 6. The molecule has 0 unspecified atom stereocenters. The number of rotatable bonds is 14. The summed E-state index contributed by atoms with van der Waals surface area (Å²) in [7, 11) is 1.28. The van der Waals surface area contributed by atoms with Crippen LogP contribution in [0.4, 0.5) is 5.69 Å². The predicted molar refractivity (Wildman–Crippen MR) is 329 cm³/mol. The number of nitrogens with two attached hydrogens (primary N) is 1. The van der Waals surface area contributed by atoms with E-state index in [0.29, 0.717) is 21.6 Å². The molecule has 7 amide bonds. The van der Waals surface area contributed by atoms with Crippen LogP contribution in [0, 0.1) is 11.8 Å². The number of aliphatic hydroxyl groups excluding tert-OH is 6. The summed E-state index contributed by atoms with van der Waals surface area (Å²) in [5, 5.41) is 101. The number of phenolic OH excluding ortho intramolecular Hbond substituents is 1. The Morgan fingerprint density at radius 3 is 1.99 bits per heavy atom. The van der Waals surface area contributed by atoms with Crippen LogP contribution >= 0.6 is 11.3 Å². The summed E-state index contributed by atoms with van der Waals surface area (Å²) in [6.45, 7) is 7.40. The zero-order valence-corrected chi connectivity index (χ0v) is 51.7. The van der Waals surface area contributed by atoms with Gasteiger partial charge in [0, 0.05) is 99.4 Å². The maximum absolute atomic E-state index is 14.7. The number of benzene rings is 3. The fraction of sp³-hybridized carbons (Fsp3) is 0.565. The van der Waals surface area contributed by atoms with Crippen LogP contribution in [0.1, 0.15) is 81.6 Å². The molecule has 1 aromatic heterocycles. The van der Waals surface area contributed by atoms with Gasteiger partial charge < -0.3 is 87.5 Å². The Labute approximate surface area is 525 Å². The van der Waals surface area contributed by atoms with Crippen molar-refractivity contribution >= 4 is 58.4 Å². The average Bonchev–Trinajstić information content (AvgIpc) is 1.93. The van der Waals surface area contributed by atoms with E-state index >= 15 is 0 Å². The van der Waals surface area contributed by atoms with Crippen LogP contribution in [0.2, 0.25) is 0 Å². The summed E-state index contributed by atoms with van der Waals surface area (Å²) in [5.41, 5.74) is 8.79. The van der Waals surface area contributed by atoms with Gasteiger partial charge in [0.2, 0.25) is 35.4 Å². The Kier molecular flexibility index (Phi) is 22.1. The van der Waals surface area contributed by atoms with Crippen LogP contribution in [0.25, 0.3) is 21.1 Å². The van der Waals surface area contributed by atoms with E-state index in [1.807, 2.05) is 12.1 Å². The maximum Gasteiger partial charge on any atom is 0.251 e. The van der Waals surface area contributed by atoms with Crippen molar-refractivity contribution in [2.75, 3.05) is 64.4 Å². The second kappa shape index (κ2) is 29.7. The topological polar surface area (TPSA) is 395 Å². The van der Waals surface area contributed by atoms with E-state index in [1.54, 1.807) is 19.1 Å². The van der Waals surface area contributed by atoms with Crippen LogP contribution in [0.3, 0.4) is 0 Å². The summed E-state index contributed by atoms with van der Waals surface area (Å²) >= 11 is 1.36. The number of carbonyl (C=O) groups is 7. The Hall–Kier alpha value is -7.41. The molecule has 28 heteroatoms. The molecule has 4 aromatic rings. The lowest BCUT2D eigenvalue weighted by molar-refractivity contribution is -0.147. The Bertz CT molecular complexity index is 3180. The summed E-state index contributed by atoms with van der Waals surface area (Å²) in [6, 6.07) is 8.36. The fourth-order valence-corrected chi connectivity index (χ4v) is 13.5. The van der Waals surface area contributed by atoms with Gasteiger partial charge in [-0.3, -0.25) is 38.5 Å². The monoisotopic (exact) mass is 1270 g/mol. The highest BCUT2D eigenvalue weighted by molar-refractivity contribution is 7.17. The summed E-state index contributed by atoms with van der Waals surface area (Å²) < 4.78 is 5.20. The van der Waals surface area contributed by atoms with Crippen molar-refractivity contribution in [1.82, 2.24) is 51.5 Å². The number of ether oxygens (including phenoxy) is 1. The van der Waals surface area contributed by atoms with Crippen LogP contribution < -0.4 is 42.0 Å². The number of nitrogens with one attached hydrogen (secondary N) is 5. The van der Waals surface area contributed by atoms with E-state index in [4.69, 9.17) is 10.5 Å². The summed E-state index contributed by atoms with van der Waals surface area (Å²) in [6.07, 6.45) is -6.56. The van der Waals surface area contributed by atoms with Crippen LogP contribution in [-0.4, -0.2) is 240 Å². The van der Waals surface area contributed by atoms with Crippen molar-refractivity contribution in [3.63, 3.8) is 0 Å². The number of carbonyl (C=O) groups excluding carboxylic acids is 7. The van der Waals surface area contributed by atoms with E-state index in [1.165, 1.54) is 74.5 Å². The lowest BCUT2D eigenvalue weighted by Crippen LogP contribution is -2.64. The van der Waals surface area contributed by atoms with Gasteiger partial charge in [0.05, 0.1) is 43.7 Å². The molecule has 4 saturated heterocycles. The Morgan fingerprint density at radius 2 is 1.36 bits per heavy atom. The normalized spacial score (nSPS) is 28.9. The highest BCUT2D eigenvalue weighted by atomic mass is 32.1. The highest BCUT2D eigenvalue weighted by Gasteiger charge is 2.50. The van der Waals surface area contributed by atoms with E-state index in [2.05, 4.69) is 65.6 Å². The first-order valence-electron chi connectivity index (χ1n) is 30.8. The number of hydrogen-bond acceptors (Lipinski definition) is 21. The molecule has 9 rings (SSSR count). The lowest BCUT2D eigenvalue weighted by atomic mass is 9.86. The molecule has 1 saturated carbocycles. The number of amides is 7.